The standard InChI is InChI=1S/C22H25N3/c1-18-17-22(20-9-5-6-10-21(20)23-18)25-15-13-24(14-16-25)12-11-19-7-3-2-4-8-19/h2-10,17H,11-16H2,1H3. The van der Waals surface area contributed by atoms with Crippen LogP contribution in [-0.2, 0) is 6.42 Å². The molecule has 4 rings (SSSR count). The van der Waals surface area contributed by atoms with Crippen molar-refractivity contribution in [2.24, 2.45) is 0 Å². The summed E-state index contributed by atoms with van der Waals surface area (Å²) < 4.78 is 0. The molecule has 0 radical (unpaired) electrons. The Kier molecular flexibility index (Phi) is 4.66. The smallest absolute Gasteiger partial charge is 0.0726 e. The summed E-state index contributed by atoms with van der Waals surface area (Å²) in [7, 11) is 0. The van der Waals surface area contributed by atoms with Gasteiger partial charge in [0.05, 0.1) is 5.52 Å². The molecule has 0 unspecified atom stereocenters. The lowest BCUT2D eigenvalue weighted by atomic mass is 10.1. The van der Waals surface area contributed by atoms with Gasteiger partial charge in [0.15, 0.2) is 0 Å². The molecular weight excluding hydrogens is 306 g/mol. The highest BCUT2D eigenvalue weighted by molar-refractivity contribution is 5.92. The highest BCUT2D eigenvalue weighted by Crippen LogP contribution is 2.27. The van der Waals surface area contributed by atoms with Crippen LogP contribution in [0.4, 0.5) is 5.69 Å². The van der Waals surface area contributed by atoms with Gasteiger partial charge in [0, 0.05) is 49.5 Å². The van der Waals surface area contributed by atoms with Gasteiger partial charge in [0.2, 0.25) is 0 Å². The predicted molar refractivity (Wildman–Crippen MR) is 105 cm³/mol. The van der Waals surface area contributed by atoms with Crippen LogP contribution >= 0.6 is 0 Å². The van der Waals surface area contributed by atoms with Crippen molar-refractivity contribution in [2.75, 3.05) is 37.6 Å². The van der Waals surface area contributed by atoms with Crippen LogP contribution in [0.1, 0.15) is 11.3 Å². The van der Waals surface area contributed by atoms with Crippen LogP contribution < -0.4 is 4.90 Å². The van der Waals surface area contributed by atoms with Gasteiger partial charge in [-0.25, -0.2) is 0 Å². The molecule has 0 saturated carbocycles. The Hall–Kier alpha value is -2.39. The van der Waals surface area contributed by atoms with E-state index < -0.39 is 0 Å². The molecule has 0 bridgehead atoms. The zero-order valence-electron chi connectivity index (χ0n) is 14.9. The fraction of sp³-hybridized carbons (Fsp3) is 0.318. The Labute approximate surface area is 149 Å². The third-order valence-corrected chi connectivity index (χ3v) is 5.09. The maximum atomic E-state index is 4.67. The molecule has 3 heteroatoms. The van der Waals surface area contributed by atoms with E-state index in [9.17, 15) is 0 Å². The van der Waals surface area contributed by atoms with Crippen molar-refractivity contribution in [3.63, 3.8) is 0 Å². The number of pyridine rings is 1. The van der Waals surface area contributed by atoms with Gasteiger partial charge in [-0.3, -0.25) is 9.88 Å². The third kappa shape index (κ3) is 3.67. The minimum Gasteiger partial charge on any atom is -0.368 e. The number of aryl methyl sites for hydroxylation is 1. The van der Waals surface area contributed by atoms with Gasteiger partial charge in [-0.05, 0) is 31.0 Å². The second kappa shape index (κ2) is 7.24. The van der Waals surface area contributed by atoms with Crippen molar-refractivity contribution in [2.45, 2.75) is 13.3 Å². The number of fused-ring (bicyclic) bond motifs is 1. The summed E-state index contributed by atoms with van der Waals surface area (Å²) in [6.07, 6.45) is 1.14. The fourth-order valence-electron chi connectivity index (χ4n) is 3.69. The van der Waals surface area contributed by atoms with Crippen LogP contribution in [0.15, 0.2) is 60.7 Å². The molecule has 0 spiro atoms. The molecule has 0 amide bonds. The van der Waals surface area contributed by atoms with Gasteiger partial charge in [0.1, 0.15) is 0 Å². The van der Waals surface area contributed by atoms with E-state index in [2.05, 4.69) is 82.4 Å². The quantitative estimate of drug-likeness (QED) is 0.722. The third-order valence-electron chi connectivity index (χ3n) is 5.09. The lowest BCUT2D eigenvalue weighted by Gasteiger charge is -2.36. The first-order valence-corrected chi connectivity index (χ1v) is 9.17. The molecule has 1 saturated heterocycles. The van der Waals surface area contributed by atoms with E-state index in [1.54, 1.807) is 0 Å². The molecule has 0 atom stereocenters. The molecular formula is C22H25N3. The van der Waals surface area contributed by atoms with Crippen LogP contribution in [-0.4, -0.2) is 42.6 Å². The minimum atomic E-state index is 1.09. The highest BCUT2D eigenvalue weighted by atomic mass is 15.3. The number of hydrogen-bond donors (Lipinski definition) is 0. The summed E-state index contributed by atoms with van der Waals surface area (Å²) in [5.74, 6) is 0. The van der Waals surface area contributed by atoms with Crippen LogP contribution in [0.3, 0.4) is 0 Å². The van der Waals surface area contributed by atoms with E-state index in [0.29, 0.717) is 0 Å². The molecule has 0 N–H and O–H groups in total. The summed E-state index contributed by atoms with van der Waals surface area (Å²) in [6.45, 7) is 7.66. The summed E-state index contributed by atoms with van der Waals surface area (Å²) >= 11 is 0. The van der Waals surface area contributed by atoms with E-state index in [1.165, 1.54) is 16.6 Å². The summed E-state index contributed by atoms with van der Waals surface area (Å²) in [5, 5.41) is 1.27. The number of aromatic nitrogens is 1. The SMILES string of the molecule is Cc1cc(N2CCN(CCc3ccccc3)CC2)c2ccccc2n1. The van der Waals surface area contributed by atoms with Gasteiger partial charge in [-0.1, -0.05) is 48.5 Å². The average Bonchev–Trinajstić information content (AvgIpc) is 2.67. The van der Waals surface area contributed by atoms with Crippen LogP contribution in [0.2, 0.25) is 0 Å². The second-order valence-corrected chi connectivity index (χ2v) is 6.86. The van der Waals surface area contributed by atoms with Gasteiger partial charge in [-0.2, -0.15) is 0 Å². The van der Waals surface area contributed by atoms with Crippen LogP contribution in [0, 0.1) is 6.92 Å². The molecule has 1 aliphatic rings. The summed E-state index contributed by atoms with van der Waals surface area (Å²) in [5.41, 5.74) is 4.97. The molecule has 128 valence electrons. The number of hydrogen-bond acceptors (Lipinski definition) is 3. The molecule has 3 nitrogen and oxygen atoms in total. The monoisotopic (exact) mass is 331 g/mol. The van der Waals surface area contributed by atoms with Crippen LogP contribution in [0.5, 0.6) is 0 Å². The average molecular weight is 331 g/mol. The zero-order valence-corrected chi connectivity index (χ0v) is 14.9. The number of para-hydroxylation sites is 1. The van der Waals surface area contributed by atoms with Crippen molar-refractivity contribution in [3.05, 3.63) is 71.9 Å². The molecule has 1 aromatic heterocycles. The summed E-state index contributed by atoms with van der Waals surface area (Å²) in [4.78, 5) is 9.78. The Balaban J connectivity index is 1.42. The summed E-state index contributed by atoms with van der Waals surface area (Å²) in [6, 6.07) is 21.5. The van der Waals surface area contributed by atoms with Gasteiger partial charge in [-0.15, -0.1) is 0 Å². The Morgan fingerprint density at radius 2 is 1.60 bits per heavy atom. The van der Waals surface area contributed by atoms with Crippen LogP contribution in [0.25, 0.3) is 10.9 Å². The molecule has 25 heavy (non-hydrogen) atoms. The first kappa shape index (κ1) is 16.1. The van der Waals surface area contributed by atoms with Crippen molar-refractivity contribution in [1.82, 2.24) is 9.88 Å². The maximum absolute atomic E-state index is 4.67. The molecule has 0 aliphatic carbocycles. The number of anilines is 1. The molecule has 2 aromatic carbocycles. The van der Waals surface area contributed by atoms with Crippen molar-refractivity contribution < 1.29 is 0 Å². The number of nitrogens with zero attached hydrogens (tertiary/aromatic N) is 3. The van der Waals surface area contributed by atoms with E-state index >= 15 is 0 Å². The predicted octanol–water partition coefficient (Wildman–Crippen LogP) is 3.91. The van der Waals surface area contributed by atoms with E-state index in [4.69, 9.17) is 0 Å². The topological polar surface area (TPSA) is 19.4 Å². The van der Waals surface area contributed by atoms with Gasteiger partial charge >= 0.3 is 0 Å². The number of rotatable bonds is 4. The maximum Gasteiger partial charge on any atom is 0.0726 e. The van der Waals surface area contributed by atoms with E-state index in [1.807, 2.05) is 0 Å². The van der Waals surface area contributed by atoms with E-state index in [-0.39, 0.29) is 0 Å². The first-order valence-electron chi connectivity index (χ1n) is 9.17. The fourth-order valence-corrected chi connectivity index (χ4v) is 3.69. The Morgan fingerprint density at radius 3 is 2.40 bits per heavy atom. The normalized spacial score (nSPS) is 15.6. The van der Waals surface area contributed by atoms with Crippen molar-refractivity contribution >= 4 is 16.6 Å². The first-order chi connectivity index (χ1) is 12.3. The largest absolute Gasteiger partial charge is 0.368 e. The molecule has 1 fully saturated rings. The molecule has 1 aliphatic heterocycles. The lowest BCUT2D eigenvalue weighted by molar-refractivity contribution is 0.261. The van der Waals surface area contributed by atoms with E-state index in [0.717, 1.165) is 50.4 Å². The van der Waals surface area contributed by atoms with Crippen molar-refractivity contribution in [3.8, 4) is 0 Å². The highest BCUT2D eigenvalue weighted by Gasteiger charge is 2.19. The Morgan fingerprint density at radius 1 is 0.880 bits per heavy atom. The lowest BCUT2D eigenvalue weighted by Crippen LogP contribution is -2.47. The minimum absolute atomic E-state index is 1.09. The Bertz CT molecular complexity index is 836. The molecule has 2 heterocycles. The zero-order chi connectivity index (χ0) is 17.1. The van der Waals surface area contributed by atoms with Crippen molar-refractivity contribution in [1.29, 1.82) is 0 Å². The van der Waals surface area contributed by atoms with Gasteiger partial charge in [0.25, 0.3) is 0 Å². The second-order valence-electron chi connectivity index (χ2n) is 6.86. The van der Waals surface area contributed by atoms with Gasteiger partial charge < -0.3 is 4.90 Å². The number of piperazine rings is 1. The molecule has 3 aromatic rings. The number of benzene rings is 2.